The van der Waals surface area contributed by atoms with Gasteiger partial charge in [-0.05, 0) is 18.6 Å². The van der Waals surface area contributed by atoms with Crippen molar-refractivity contribution in [1.82, 2.24) is 4.90 Å². The van der Waals surface area contributed by atoms with Crippen LogP contribution in [0.3, 0.4) is 0 Å². The van der Waals surface area contributed by atoms with Gasteiger partial charge in [0.05, 0.1) is 26.2 Å². The standard InChI is InChI=1S/C26H28N2O2/c1-21-10-8-9-15-24(21)30-20-25(29)27-16-18-28(19-17-27)26(22-11-4-2-5-12-22)23-13-6-3-7-14-23/h2-15,26H,16-20H2,1H3/p+1. The Morgan fingerprint density at radius 2 is 1.40 bits per heavy atom. The average molecular weight is 402 g/mol. The number of aryl methyl sites for hydroxylation is 1. The predicted octanol–water partition coefficient (Wildman–Crippen LogP) is 2.89. The molecular formula is C26H29N2O2+. The Balaban J connectivity index is 1.40. The minimum absolute atomic E-state index is 0.0632. The van der Waals surface area contributed by atoms with Gasteiger partial charge in [0.15, 0.2) is 6.61 Å². The van der Waals surface area contributed by atoms with Crippen molar-refractivity contribution in [3.05, 3.63) is 102 Å². The molecule has 1 saturated heterocycles. The summed E-state index contributed by atoms with van der Waals surface area (Å²) in [6.07, 6.45) is 0. The Labute approximate surface area is 178 Å². The zero-order valence-corrected chi connectivity index (χ0v) is 17.5. The SMILES string of the molecule is Cc1ccccc1OCC(=O)N1CC[NH+](C(c2ccccc2)c2ccccc2)CC1. The molecule has 0 bridgehead atoms. The summed E-state index contributed by atoms with van der Waals surface area (Å²) in [7, 11) is 0. The lowest BCUT2D eigenvalue weighted by Crippen LogP contribution is -3.15. The number of carbonyl (C=O) groups is 1. The topological polar surface area (TPSA) is 34.0 Å². The first-order valence-corrected chi connectivity index (χ1v) is 10.6. The zero-order valence-electron chi connectivity index (χ0n) is 17.5. The highest BCUT2D eigenvalue weighted by atomic mass is 16.5. The highest BCUT2D eigenvalue weighted by Gasteiger charge is 2.31. The van der Waals surface area contributed by atoms with E-state index in [-0.39, 0.29) is 18.6 Å². The van der Waals surface area contributed by atoms with Gasteiger partial charge in [-0.1, -0.05) is 78.9 Å². The summed E-state index contributed by atoms with van der Waals surface area (Å²) in [5.41, 5.74) is 3.69. The van der Waals surface area contributed by atoms with Crippen LogP contribution < -0.4 is 9.64 Å². The summed E-state index contributed by atoms with van der Waals surface area (Å²) in [6, 6.07) is 29.5. The molecule has 3 aromatic carbocycles. The summed E-state index contributed by atoms with van der Waals surface area (Å²) in [6.45, 7) is 5.44. The van der Waals surface area contributed by atoms with E-state index in [2.05, 4.69) is 60.7 Å². The van der Waals surface area contributed by atoms with Crippen LogP contribution in [0.1, 0.15) is 22.7 Å². The molecule has 1 fully saturated rings. The van der Waals surface area contributed by atoms with E-state index < -0.39 is 0 Å². The van der Waals surface area contributed by atoms with E-state index in [1.807, 2.05) is 36.1 Å². The average Bonchev–Trinajstić information content (AvgIpc) is 2.80. The molecule has 0 aliphatic carbocycles. The molecule has 1 amide bonds. The van der Waals surface area contributed by atoms with E-state index in [9.17, 15) is 4.79 Å². The van der Waals surface area contributed by atoms with Crippen molar-refractivity contribution in [2.24, 2.45) is 0 Å². The van der Waals surface area contributed by atoms with E-state index in [0.29, 0.717) is 0 Å². The fraction of sp³-hybridized carbons (Fsp3) is 0.269. The van der Waals surface area contributed by atoms with Crippen molar-refractivity contribution in [3.63, 3.8) is 0 Å². The number of quaternary nitrogens is 1. The molecule has 0 spiro atoms. The number of benzene rings is 3. The quantitative estimate of drug-likeness (QED) is 0.689. The lowest BCUT2D eigenvalue weighted by Gasteiger charge is -2.37. The van der Waals surface area contributed by atoms with Gasteiger partial charge in [0.25, 0.3) is 5.91 Å². The first kappa shape index (κ1) is 20.2. The van der Waals surface area contributed by atoms with E-state index in [1.165, 1.54) is 16.0 Å². The Hall–Kier alpha value is -3.11. The van der Waals surface area contributed by atoms with Crippen LogP contribution in [-0.2, 0) is 4.79 Å². The molecule has 4 nitrogen and oxygen atoms in total. The Bertz CT molecular complexity index is 912. The number of hydrogen-bond donors (Lipinski definition) is 1. The fourth-order valence-corrected chi connectivity index (χ4v) is 4.24. The van der Waals surface area contributed by atoms with Crippen LogP contribution in [0.2, 0.25) is 0 Å². The van der Waals surface area contributed by atoms with Gasteiger partial charge in [0.1, 0.15) is 11.8 Å². The van der Waals surface area contributed by atoms with E-state index in [1.54, 1.807) is 0 Å². The number of amides is 1. The van der Waals surface area contributed by atoms with Crippen LogP contribution in [-0.4, -0.2) is 43.6 Å². The summed E-state index contributed by atoms with van der Waals surface area (Å²) >= 11 is 0. The lowest BCUT2D eigenvalue weighted by atomic mass is 9.96. The highest BCUT2D eigenvalue weighted by molar-refractivity contribution is 5.77. The number of ether oxygens (including phenoxy) is 1. The predicted molar refractivity (Wildman–Crippen MR) is 119 cm³/mol. The van der Waals surface area contributed by atoms with Crippen molar-refractivity contribution < 1.29 is 14.4 Å². The smallest absolute Gasteiger partial charge is 0.260 e. The second-order valence-corrected chi connectivity index (χ2v) is 7.85. The molecule has 30 heavy (non-hydrogen) atoms. The molecule has 4 rings (SSSR count). The van der Waals surface area contributed by atoms with Crippen LogP contribution in [0.25, 0.3) is 0 Å². The van der Waals surface area contributed by atoms with Gasteiger partial charge < -0.3 is 14.5 Å². The first-order valence-electron chi connectivity index (χ1n) is 10.6. The molecular weight excluding hydrogens is 372 g/mol. The molecule has 0 atom stereocenters. The molecule has 0 radical (unpaired) electrons. The first-order chi connectivity index (χ1) is 14.7. The number of nitrogens with one attached hydrogen (secondary N) is 1. The second-order valence-electron chi connectivity index (χ2n) is 7.85. The normalized spacial score (nSPS) is 14.7. The number of piperazine rings is 1. The van der Waals surface area contributed by atoms with E-state index in [0.717, 1.165) is 37.5 Å². The minimum Gasteiger partial charge on any atom is -0.484 e. The number of para-hydroxylation sites is 1. The number of rotatable bonds is 6. The van der Waals surface area contributed by atoms with Gasteiger partial charge in [-0.25, -0.2) is 0 Å². The molecule has 1 aliphatic heterocycles. The van der Waals surface area contributed by atoms with Crippen LogP contribution in [0.5, 0.6) is 5.75 Å². The molecule has 1 N–H and O–H groups in total. The Morgan fingerprint density at radius 1 is 0.867 bits per heavy atom. The molecule has 3 aromatic rings. The maximum absolute atomic E-state index is 12.7. The molecule has 1 heterocycles. The maximum atomic E-state index is 12.7. The van der Waals surface area contributed by atoms with Crippen LogP contribution in [0.15, 0.2) is 84.9 Å². The van der Waals surface area contributed by atoms with Gasteiger partial charge in [0, 0.05) is 11.1 Å². The van der Waals surface area contributed by atoms with Gasteiger partial charge in [-0.2, -0.15) is 0 Å². The monoisotopic (exact) mass is 401 g/mol. The highest BCUT2D eigenvalue weighted by Crippen LogP contribution is 2.19. The number of nitrogens with zero attached hydrogens (tertiary/aromatic N) is 1. The van der Waals surface area contributed by atoms with Crippen LogP contribution in [0, 0.1) is 6.92 Å². The van der Waals surface area contributed by atoms with Crippen molar-refractivity contribution in [2.75, 3.05) is 32.8 Å². The molecule has 4 heteroatoms. The van der Waals surface area contributed by atoms with Crippen molar-refractivity contribution in [2.45, 2.75) is 13.0 Å². The third-order valence-corrected chi connectivity index (χ3v) is 5.88. The summed E-state index contributed by atoms with van der Waals surface area (Å²) < 4.78 is 5.77. The molecule has 154 valence electrons. The summed E-state index contributed by atoms with van der Waals surface area (Å²) in [5, 5.41) is 0. The van der Waals surface area contributed by atoms with Crippen molar-refractivity contribution in [1.29, 1.82) is 0 Å². The van der Waals surface area contributed by atoms with Gasteiger partial charge in [-0.15, -0.1) is 0 Å². The molecule has 0 aromatic heterocycles. The minimum atomic E-state index is 0.0632. The zero-order chi connectivity index (χ0) is 20.8. The van der Waals surface area contributed by atoms with Gasteiger partial charge in [-0.3, -0.25) is 4.79 Å². The second kappa shape index (κ2) is 9.59. The fourth-order valence-electron chi connectivity index (χ4n) is 4.24. The van der Waals surface area contributed by atoms with Gasteiger partial charge in [0.2, 0.25) is 0 Å². The maximum Gasteiger partial charge on any atom is 0.260 e. The van der Waals surface area contributed by atoms with E-state index >= 15 is 0 Å². The van der Waals surface area contributed by atoms with Crippen molar-refractivity contribution >= 4 is 5.91 Å². The third kappa shape index (κ3) is 4.71. The summed E-state index contributed by atoms with van der Waals surface area (Å²) in [5.74, 6) is 0.844. The van der Waals surface area contributed by atoms with Crippen LogP contribution >= 0.6 is 0 Å². The Morgan fingerprint density at radius 3 is 1.97 bits per heavy atom. The molecule has 1 aliphatic rings. The largest absolute Gasteiger partial charge is 0.484 e. The summed E-state index contributed by atoms with van der Waals surface area (Å²) in [4.78, 5) is 16.1. The van der Waals surface area contributed by atoms with Crippen molar-refractivity contribution in [3.8, 4) is 5.75 Å². The number of hydrogen-bond acceptors (Lipinski definition) is 2. The Kier molecular flexibility index (Phi) is 6.45. The molecule has 0 unspecified atom stereocenters. The number of carbonyl (C=O) groups excluding carboxylic acids is 1. The lowest BCUT2D eigenvalue weighted by molar-refractivity contribution is -0.929. The van der Waals surface area contributed by atoms with Crippen LogP contribution in [0.4, 0.5) is 0 Å². The third-order valence-electron chi connectivity index (χ3n) is 5.88. The molecule has 0 saturated carbocycles. The van der Waals surface area contributed by atoms with E-state index in [4.69, 9.17) is 4.74 Å². The van der Waals surface area contributed by atoms with Gasteiger partial charge >= 0.3 is 0 Å².